The molecular weight excluding hydrogens is 430 g/mol. The number of benzene rings is 1. The maximum absolute atomic E-state index is 12.9. The fourth-order valence-corrected chi connectivity index (χ4v) is 6.82. The van der Waals surface area contributed by atoms with Crippen LogP contribution in [0.3, 0.4) is 0 Å². The van der Waals surface area contributed by atoms with Gasteiger partial charge >= 0.3 is 6.03 Å². The molecule has 29 heavy (non-hydrogen) atoms. The smallest absolute Gasteiger partial charge is 0.354 e. The van der Waals surface area contributed by atoms with Gasteiger partial charge in [-0.3, -0.25) is 0 Å². The normalized spacial score (nSPS) is 17.6. The number of nitrogens with one attached hydrogen (secondary N) is 1. The van der Waals surface area contributed by atoms with Gasteiger partial charge in [0.25, 0.3) is 0 Å². The zero-order valence-corrected chi connectivity index (χ0v) is 18.8. The van der Waals surface area contributed by atoms with Crippen molar-refractivity contribution in [3.8, 4) is 0 Å². The summed E-state index contributed by atoms with van der Waals surface area (Å²) >= 11 is 7.73. The van der Waals surface area contributed by atoms with Crippen molar-refractivity contribution >= 4 is 44.6 Å². The lowest BCUT2D eigenvalue weighted by Gasteiger charge is -2.17. The van der Waals surface area contributed by atoms with Crippen molar-refractivity contribution in [1.82, 2.24) is 0 Å². The molecule has 0 radical (unpaired) electrons. The van der Waals surface area contributed by atoms with Gasteiger partial charge in [-0.25, -0.2) is 14.1 Å². The minimum Gasteiger partial charge on any atom is -0.386 e. The van der Waals surface area contributed by atoms with Crippen molar-refractivity contribution in [2.24, 2.45) is 9.50 Å². The monoisotopic (exact) mass is 453 g/mol. The number of rotatable bonds is 3. The average molecular weight is 454 g/mol. The topological polar surface area (TPSA) is 105 Å². The largest absolute Gasteiger partial charge is 0.386 e. The molecule has 6 nitrogen and oxygen atoms in total. The molecule has 0 spiro atoms. The Hall–Kier alpha value is -1.45. The van der Waals surface area contributed by atoms with Crippen LogP contribution in [0.1, 0.15) is 54.5 Å². The highest BCUT2D eigenvalue weighted by Crippen LogP contribution is 2.44. The summed E-state index contributed by atoms with van der Waals surface area (Å²) in [4.78, 5) is 12.7. The number of carbonyl (C=O) groups is 1. The summed E-state index contributed by atoms with van der Waals surface area (Å²) < 4.78 is 17.0. The highest BCUT2D eigenvalue weighted by molar-refractivity contribution is 7.93. The second-order valence-electron chi connectivity index (χ2n) is 8.11. The van der Waals surface area contributed by atoms with Gasteiger partial charge in [-0.2, -0.15) is 0 Å². The Bertz CT molecular complexity index is 1090. The van der Waals surface area contributed by atoms with E-state index in [0.29, 0.717) is 5.56 Å². The van der Waals surface area contributed by atoms with E-state index >= 15 is 0 Å². The van der Waals surface area contributed by atoms with E-state index in [-0.39, 0.29) is 4.21 Å². The molecule has 2 aliphatic rings. The van der Waals surface area contributed by atoms with E-state index in [1.54, 1.807) is 25.3 Å². The van der Waals surface area contributed by atoms with Crippen molar-refractivity contribution in [2.45, 2.75) is 62.2 Å². The van der Waals surface area contributed by atoms with Gasteiger partial charge in [-0.1, -0.05) is 11.6 Å². The molecule has 4 N–H and O–H groups in total. The average Bonchev–Trinajstić information content (AvgIpc) is 3.37. The number of nitrogens with two attached hydrogens (primary N) is 1. The molecule has 0 saturated heterocycles. The van der Waals surface area contributed by atoms with Crippen molar-refractivity contribution in [3.05, 3.63) is 44.3 Å². The lowest BCUT2D eigenvalue weighted by atomic mass is 9.98. The minimum atomic E-state index is -3.41. The first-order chi connectivity index (χ1) is 13.6. The van der Waals surface area contributed by atoms with Gasteiger partial charge in [0.2, 0.25) is 0 Å². The molecule has 0 aliphatic heterocycles. The molecular formula is C20H24ClN3O3S2. The number of anilines is 1. The van der Waals surface area contributed by atoms with E-state index in [4.69, 9.17) is 16.7 Å². The van der Waals surface area contributed by atoms with E-state index in [9.17, 15) is 14.1 Å². The zero-order chi connectivity index (χ0) is 21.0. The third-order valence-corrected chi connectivity index (χ3v) is 8.90. The van der Waals surface area contributed by atoms with Crippen LogP contribution >= 0.6 is 22.9 Å². The first-order valence-electron chi connectivity index (χ1n) is 9.60. The van der Waals surface area contributed by atoms with Gasteiger partial charge in [-0.15, -0.1) is 15.7 Å². The van der Waals surface area contributed by atoms with Crippen molar-refractivity contribution in [1.29, 1.82) is 0 Å². The molecule has 0 fully saturated rings. The number of hydrogen-bond acceptors (Lipinski definition) is 4. The molecule has 4 rings (SSSR count). The maximum atomic E-state index is 12.9. The summed E-state index contributed by atoms with van der Waals surface area (Å²) in [5.74, 6) is 0. The maximum Gasteiger partial charge on any atom is 0.354 e. The summed E-state index contributed by atoms with van der Waals surface area (Å²) in [5, 5.41) is 21.4. The second-order valence-corrected chi connectivity index (χ2v) is 11.4. The van der Waals surface area contributed by atoms with Gasteiger partial charge in [0, 0.05) is 10.7 Å². The van der Waals surface area contributed by atoms with Gasteiger partial charge in [-0.05, 0) is 91.6 Å². The number of carbonyl (C=O) groups excluding carboxylic acids is 1. The number of nitrogens with zero attached hydrogens (tertiary/aromatic N) is 1. The molecule has 1 aromatic heterocycles. The third-order valence-electron chi connectivity index (χ3n) is 5.59. The summed E-state index contributed by atoms with van der Waals surface area (Å²) in [7, 11) is -3.41. The van der Waals surface area contributed by atoms with Crippen LogP contribution in [0, 0.1) is 0 Å². The first kappa shape index (κ1) is 20.8. The summed E-state index contributed by atoms with van der Waals surface area (Å²) in [6, 6.07) is 0.822. The van der Waals surface area contributed by atoms with E-state index in [1.165, 1.54) is 0 Å². The fourth-order valence-electron chi connectivity index (χ4n) is 4.13. The first-order valence-corrected chi connectivity index (χ1v) is 12.4. The number of amides is 2. The Balaban J connectivity index is 1.67. The van der Waals surface area contributed by atoms with Crippen LogP contribution in [0.2, 0.25) is 5.02 Å². The van der Waals surface area contributed by atoms with E-state index < -0.39 is 21.5 Å². The van der Waals surface area contributed by atoms with Gasteiger partial charge in [0.15, 0.2) is 9.92 Å². The predicted octanol–water partition coefficient (Wildman–Crippen LogP) is 4.54. The number of thiophene rings is 1. The third kappa shape index (κ3) is 3.84. The van der Waals surface area contributed by atoms with Crippen LogP contribution in [0.25, 0.3) is 0 Å². The van der Waals surface area contributed by atoms with Crippen LogP contribution in [0.15, 0.2) is 20.0 Å². The molecule has 2 amide bonds. The molecule has 0 bridgehead atoms. The highest BCUT2D eigenvalue weighted by Gasteiger charge is 2.29. The molecule has 1 aromatic carbocycles. The minimum absolute atomic E-state index is 0.260. The predicted molar refractivity (Wildman–Crippen MR) is 117 cm³/mol. The summed E-state index contributed by atoms with van der Waals surface area (Å²) in [6.07, 6.45) is 5.53. The van der Waals surface area contributed by atoms with Crippen LogP contribution in [-0.2, 0) is 41.2 Å². The SMILES string of the molecule is CC(C)(O)c1csc([S@@](N)(=O)=NC(=O)Nc2c3c(c(Cl)c4c2CCC4)CCC3)c1. The van der Waals surface area contributed by atoms with Crippen molar-refractivity contribution in [3.63, 3.8) is 0 Å². The van der Waals surface area contributed by atoms with E-state index in [1.807, 2.05) is 0 Å². The van der Waals surface area contributed by atoms with Gasteiger partial charge < -0.3 is 10.4 Å². The van der Waals surface area contributed by atoms with Crippen LogP contribution in [0.4, 0.5) is 10.5 Å². The van der Waals surface area contributed by atoms with Crippen molar-refractivity contribution < 1.29 is 14.1 Å². The lowest BCUT2D eigenvalue weighted by molar-refractivity contribution is 0.0789. The zero-order valence-electron chi connectivity index (χ0n) is 16.4. The molecule has 156 valence electrons. The molecule has 1 atom stereocenters. The summed E-state index contributed by atoms with van der Waals surface area (Å²) in [5.41, 5.74) is 4.65. The Labute approximate surface area is 179 Å². The number of urea groups is 1. The van der Waals surface area contributed by atoms with Crippen LogP contribution < -0.4 is 10.5 Å². The van der Waals surface area contributed by atoms with Crippen LogP contribution in [0.5, 0.6) is 0 Å². The van der Waals surface area contributed by atoms with Crippen LogP contribution in [-0.4, -0.2) is 15.3 Å². The van der Waals surface area contributed by atoms with Gasteiger partial charge in [0.05, 0.1) is 5.60 Å². The van der Waals surface area contributed by atoms with Gasteiger partial charge in [0.1, 0.15) is 4.21 Å². The number of hydrogen-bond donors (Lipinski definition) is 3. The molecule has 0 unspecified atom stereocenters. The molecule has 2 aliphatic carbocycles. The molecule has 9 heteroatoms. The second kappa shape index (κ2) is 7.35. The summed E-state index contributed by atoms with van der Waals surface area (Å²) in [6.45, 7) is 3.26. The van der Waals surface area contributed by atoms with E-state index in [0.717, 1.165) is 82.8 Å². The fraction of sp³-hybridized carbons (Fsp3) is 0.450. The molecule has 1 heterocycles. The van der Waals surface area contributed by atoms with E-state index in [2.05, 4.69) is 9.68 Å². The Kier molecular flexibility index (Phi) is 5.28. The lowest BCUT2D eigenvalue weighted by Crippen LogP contribution is -2.18. The standard InChI is InChI=1S/C20H24ClN3O3S2/c1-20(2,26)11-9-16(28-10-11)29(22,27)24-19(25)23-18-14-7-3-5-12(14)17(21)13-6-4-8-15(13)18/h9-10,26H,3-8H2,1-2H3,(H3,22,23,24,25,27)/t29-/m0/s1. The molecule has 0 saturated carbocycles. The quantitative estimate of drug-likeness (QED) is 0.635. The number of fused-ring (bicyclic) bond motifs is 2. The van der Waals surface area contributed by atoms with Crippen molar-refractivity contribution in [2.75, 3.05) is 5.32 Å². The number of aliphatic hydroxyl groups is 1. The Morgan fingerprint density at radius 3 is 2.28 bits per heavy atom. The Morgan fingerprint density at radius 1 is 1.21 bits per heavy atom. The highest BCUT2D eigenvalue weighted by atomic mass is 35.5. The molecule has 2 aromatic rings. The number of halogens is 1. The Morgan fingerprint density at radius 2 is 1.76 bits per heavy atom.